The third kappa shape index (κ3) is 5.35. The summed E-state index contributed by atoms with van der Waals surface area (Å²) >= 11 is 0. The molecule has 1 amide bonds. The second-order valence-electron chi connectivity index (χ2n) is 8.28. The van der Waals surface area contributed by atoms with Gasteiger partial charge in [-0.2, -0.15) is 4.98 Å². The van der Waals surface area contributed by atoms with Crippen molar-refractivity contribution < 1.29 is 13.7 Å². The number of H-pyrrole nitrogens is 1. The van der Waals surface area contributed by atoms with Crippen LogP contribution in [0.3, 0.4) is 0 Å². The Morgan fingerprint density at radius 1 is 0.917 bits per heavy atom. The highest BCUT2D eigenvalue weighted by Crippen LogP contribution is 2.18. The van der Waals surface area contributed by atoms with Crippen LogP contribution in [0.15, 0.2) is 88.2 Å². The van der Waals surface area contributed by atoms with Crippen molar-refractivity contribution in [3.63, 3.8) is 0 Å². The summed E-state index contributed by atoms with van der Waals surface area (Å²) in [6.07, 6.45) is 0.357. The van der Waals surface area contributed by atoms with Crippen LogP contribution in [0.1, 0.15) is 23.7 Å². The van der Waals surface area contributed by atoms with E-state index in [4.69, 9.17) is 4.52 Å². The fourth-order valence-electron chi connectivity index (χ4n) is 3.87. The zero-order valence-corrected chi connectivity index (χ0v) is 19.2. The number of aryl methyl sites for hydroxylation is 1. The normalized spacial score (nSPS) is 11.0. The highest BCUT2D eigenvalue weighted by molar-refractivity contribution is 5.78. The Morgan fingerprint density at radius 3 is 2.47 bits per heavy atom. The first kappa shape index (κ1) is 23.1. The molecule has 0 aliphatic rings. The lowest BCUT2D eigenvalue weighted by atomic mass is 10.2. The molecule has 0 unspecified atom stereocenters. The van der Waals surface area contributed by atoms with Gasteiger partial charge in [-0.3, -0.25) is 9.59 Å². The third-order valence-electron chi connectivity index (χ3n) is 5.69. The van der Waals surface area contributed by atoms with Gasteiger partial charge < -0.3 is 14.4 Å². The zero-order chi connectivity index (χ0) is 24.9. The second kappa shape index (κ2) is 10.3. The van der Waals surface area contributed by atoms with Gasteiger partial charge in [-0.25, -0.2) is 9.37 Å². The summed E-state index contributed by atoms with van der Waals surface area (Å²) in [5.41, 5.74) is 1.89. The summed E-state index contributed by atoms with van der Waals surface area (Å²) in [6.45, 7) is 0.485. The first-order valence-electron chi connectivity index (χ1n) is 11.4. The number of fused-ring (bicyclic) bond motifs is 1. The number of nitrogens with zero attached hydrogens (tertiary/aromatic N) is 4. The number of rotatable bonds is 8. The number of hydrogen-bond acceptors (Lipinski definition) is 6. The van der Waals surface area contributed by atoms with Crippen molar-refractivity contribution in [1.82, 2.24) is 25.0 Å². The SMILES string of the molecule is O=C(CCc1nc(-c2ccc(F)cc2)no1)N(Cc1ccccc1)Cc1nc2ccccc2c(=O)[nH]1. The zero-order valence-electron chi connectivity index (χ0n) is 19.2. The maximum absolute atomic E-state index is 13.3. The standard InChI is InChI=1S/C27H22FN5O3/c28-20-12-10-19(11-13-20)26-31-24(36-32-26)14-15-25(34)33(16-18-6-2-1-3-7-18)17-23-29-22-9-5-4-8-21(22)27(35)30-23/h1-13H,14-17H2,(H,29,30,35). The van der Waals surface area contributed by atoms with Crippen molar-refractivity contribution in [2.75, 3.05) is 0 Å². The second-order valence-corrected chi connectivity index (χ2v) is 8.28. The molecule has 36 heavy (non-hydrogen) atoms. The molecule has 0 spiro atoms. The van der Waals surface area contributed by atoms with Crippen LogP contribution < -0.4 is 5.56 Å². The molecule has 180 valence electrons. The Labute approximate surface area is 205 Å². The summed E-state index contributed by atoms with van der Waals surface area (Å²) in [7, 11) is 0. The first-order chi connectivity index (χ1) is 17.5. The Kier molecular flexibility index (Phi) is 6.61. The van der Waals surface area contributed by atoms with E-state index in [2.05, 4.69) is 20.1 Å². The van der Waals surface area contributed by atoms with Crippen LogP contribution in [0.25, 0.3) is 22.3 Å². The van der Waals surface area contributed by atoms with Gasteiger partial charge in [-0.05, 0) is 42.0 Å². The van der Waals surface area contributed by atoms with Gasteiger partial charge in [0.1, 0.15) is 11.6 Å². The fourth-order valence-corrected chi connectivity index (χ4v) is 3.87. The van der Waals surface area contributed by atoms with E-state index in [1.54, 1.807) is 35.2 Å². The average Bonchev–Trinajstić information content (AvgIpc) is 3.37. The number of hydrogen-bond donors (Lipinski definition) is 1. The Bertz CT molecular complexity index is 1550. The number of amides is 1. The maximum atomic E-state index is 13.3. The van der Waals surface area contributed by atoms with E-state index < -0.39 is 0 Å². The number of aromatic amines is 1. The lowest BCUT2D eigenvalue weighted by Crippen LogP contribution is -2.32. The molecular weight excluding hydrogens is 461 g/mol. The predicted octanol–water partition coefficient (Wildman–Crippen LogP) is 4.27. The molecule has 2 heterocycles. The van der Waals surface area contributed by atoms with E-state index in [1.807, 2.05) is 36.4 Å². The minimum atomic E-state index is -0.353. The highest BCUT2D eigenvalue weighted by Gasteiger charge is 2.18. The largest absolute Gasteiger partial charge is 0.339 e. The van der Waals surface area contributed by atoms with Crippen LogP contribution in [0.5, 0.6) is 0 Å². The molecule has 8 nitrogen and oxygen atoms in total. The Hall–Kier alpha value is -4.66. The molecule has 0 atom stereocenters. The molecule has 0 saturated carbocycles. The smallest absolute Gasteiger partial charge is 0.258 e. The summed E-state index contributed by atoms with van der Waals surface area (Å²) in [4.78, 5) is 39.1. The monoisotopic (exact) mass is 483 g/mol. The third-order valence-corrected chi connectivity index (χ3v) is 5.69. The van der Waals surface area contributed by atoms with Crippen LogP contribution >= 0.6 is 0 Å². The van der Waals surface area contributed by atoms with Crippen molar-refractivity contribution in [2.24, 2.45) is 0 Å². The molecule has 2 aromatic heterocycles. The summed E-state index contributed by atoms with van der Waals surface area (Å²) in [5, 5.41) is 4.43. The van der Waals surface area contributed by atoms with Gasteiger partial charge in [0.25, 0.3) is 5.56 Å². The number of para-hydroxylation sites is 1. The first-order valence-corrected chi connectivity index (χ1v) is 11.4. The number of carbonyl (C=O) groups is 1. The number of halogens is 1. The van der Waals surface area contributed by atoms with Gasteiger partial charge in [0.2, 0.25) is 17.6 Å². The van der Waals surface area contributed by atoms with Crippen LogP contribution in [-0.4, -0.2) is 30.9 Å². The fraction of sp³-hybridized carbons (Fsp3) is 0.148. The molecule has 0 saturated heterocycles. The molecule has 0 aliphatic heterocycles. The van der Waals surface area contributed by atoms with E-state index >= 15 is 0 Å². The number of aromatic nitrogens is 4. The van der Waals surface area contributed by atoms with Crippen molar-refractivity contribution >= 4 is 16.8 Å². The minimum absolute atomic E-state index is 0.121. The summed E-state index contributed by atoms with van der Waals surface area (Å²) < 4.78 is 18.5. The average molecular weight is 484 g/mol. The summed E-state index contributed by atoms with van der Waals surface area (Å²) in [5.74, 6) is 0.528. The van der Waals surface area contributed by atoms with E-state index in [0.29, 0.717) is 40.6 Å². The van der Waals surface area contributed by atoms with E-state index in [-0.39, 0.29) is 36.7 Å². The van der Waals surface area contributed by atoms with Gasteiger partial charge >= 0.3 is 0 Å². The molecular formula is C27H22FN5O3. The molecule has 1 N–H and O–H groups in total. The molecule has 9 heteroatoms. The molecule has 0 aliphatic carbocycles. The topological polar surface area (TPSA) is 105 Å². The quantitative estimate of drug-likeness (QED) is 0.353. The van der Waals surface area contributed by atoms with Crippen molar-refractivity contribution in [3.8, 4) is 11.4 Å². The lowest BCUT2D eigenvalue weighted by Gasteiger charge is -2.22. The van der Waals surface area contributed by atoms with E-state index in [9.17, 15) is 14.0 Å². The van der Waals surface area contributed by atoms with Crippen LogP contribution in [0, 0.1) is 5.82 Å². The molecule has 0 bridgehead atoms. The molecule has 5 rings (SSSR count). The maximum Gasteiger partial charge on any atom is 0.258 e. The van der Waals surface area contributed by atoms with Crippen LogP contribution in [-0.2, 0) is 24.3 Å². The van der Waals surface area contributed by atoms with Crippen LogP contribution in [0.2, 0.25) is 0 Å². The van der Waals surface area contributed by atoms with Gasteiger partial charge in [-0.1, -0.05) is 47.6 Å². The molecule has 3 aromatic carbocycles. The van der Waals surface area contributed by atoms with Gasteiger partial charge in [0.15, 0.2) is 0 Å². The lowest BCUT2D eigenvalue weighted by molar-refractivity contribution is -0.132. The minimum Gasteiger partial charge on any atom is -0.339 e. The van der Waals surface area contributed by atoms with Gasteiger partial charge in [0, 0.05) is 24.9 Å². The van der Waals surface area contributed by atoms with Gasteiger partial charge in [-0.15, -0.1) is 0 Å². The number of nitrogens with one attached hydrogen (secondary N) is 1. The van der Waals surface area contributed by atoms with Crippen LogP contribution in [0.4, 0.5) is 4.39 Å². The molecule has 0 fully saturated rings. The van der Waals surface area contributed by atoms with E-state index in [0.717, 1.165) is 5.56 Å². The van der Waals surface area contributed by atoms with Crippen molar-refractivity contribution in [1.29, 1.82) is 0 Å². The number of carbonyl (C=O) groups excluding carboxylic acids is 1. The molecule has 5 aromatic rings. The van der Waals surface area contributed by atoms with E-state index in [1.165, 1.54) is 12.1 Å². The Balaban J connectivity index is 1.33. The number of benzene rings is 3. The molecule has 0 radical (unpaired) electrons. The predicted molar refractivity (Wildman–Crippen MR) is 131 cm³/mol. The highest BCUT2D eigenvalue weighted by atomic mass is 19.1. The summed E-state index contributed by atoms with van der Waals surface area (Å²) in [6, 6.07) is 22.4. The van der Waals surface area contributed by atoms with Crippen molar-refractivity contribution in [2.45, 2.75) is 25.9 Å². The Morgan fingerprint density at radius 2 is 1.67 bits per heavy atom. The van der Waals surface area contributed by atoms with Gasteiger partial charge in [0.05, 0.1) is 17.4 Å². The van der Waals surface area contributed by atoms with Crippen molar-refractivity contribution in [3.05, 3.63) is 112 Å².